The van der Waals surface area contributed by atoms with Crippen molar-refractivity contribution in [3.8, 4) is 0 Å². The quantitative estimate of drug-likeness (QED) is 0.756. The molecule has 118 valence electrons. The van der Waals surface area contributed by atoms with Gasteiger partial charge in [-0.25, -0.2) is 4.98 Å². The van der Waals surface area contributed by atoms with Crippen LogP contribution in [-0.2, 0) is 7.05 Å². The molecule has 0 aliphatic heterocycles. The summed E-state index contributed by atoms with van der Waals surface area (Å²) in [5, 5.41) is 15.8. The number of carbonyl (C=O) groups excluding carboxylic acids is 1. The predicted octanol–water partition coefficient (Wildman–Crippen LogP) is 0.603. The van der Waals surface area contributed by atoms with Crippen molar-refractivity contribution >= 4 is 16.9 Å². The number of aryl methyl sites for hydroxylation is 2. The van der Waals surface area contributed by atoms with Gasteiger partial charge in [0.2, 0.25) is 0 Å². The van der Waals surface area contributed by atoms with Gasteiger partial charge in [-0.15, -0.1) is 0 Å². The molecule has 1 saturated carbocycles. The first-order valence-corrected chi connectivity index (χ1v) is 7.52. The van der Waals surface area contributed by atoms with Crippen LogP contribution in [-0.4, -0.2) is 37.9 Å². The number of aromatic nitrogens is 3. The van der Waals surface area contributed by atoms with E-state index in [1.165, 1.54) is 4.68 Å². The van der Waals surface area contributed by atoms with Crippen molar-refractivity contribution in [3.63, 3.8) is 0 Å². The Kier molecular flexibility index (Phi) is 3.74. The molecular formula is C15H20N4O3. The van der Waals surface area contributed by atoms with Crippen LogP contribution in [0.2, 0.25) is 0 Å². The van der Waals surface area contributed by atoms with Crippen molar-refractivity contribution in [3.05, 3.63) is 27.7 Å². The Hall–Kier alpha value is -2.15. The standard InChI is InChI=1S/C15H20N4O3/c1-8-7-9(12-13(16-8)19(2)18-15(12)22)14(21)17-10-5-3-4-6-11(10)20/h7,10-11,20H,3-6H2,1-2H3,(H,17,21)(H,18,22). The van der Waals surface area contributed by atoms with Gasteiger partial charge in [0.15, 0.2) is 5.65 Å². The normalized spacial score (nSPS) is 22.0. The molecule has 0 bridgehead atoms. The fourth-order valence-electron chi connectivity index (χ4n) is 3.09. The number of carbonyl (C=O) groups is 1. The Morgan fingerprint density at radius 1 is 1.45 bits per heavy atom. The Balaban J connectivity index is 1.98. The highest BCUT2D eigenvalue weighted by atomic mass is 16.3. The molecule has 2 unspecified atom stereocenters. The summed E-state index contributed by atoms with van der Waals surface area (Å²) in [6.07, 6.45) is 2.89. The molecule has 3 N–H and O–H groups in total. The van der Waals surface area contributed by atoms with Gasteiger partial charge in [0.05, 0.1) is 23.1 Å². The highest BCUT2D eigenvalue weighted by Gasteiger charge is 2.26. The molecule has 1 amide bonds. The maximum absolute atomic E-state index is 12.6. The van der Waals surface area contributed by atoms with Crippen LogP contribution in [0, 0.1) is 6.92 Å². The van der Waals surface area contributed by atoms with Gasteiger partial charge >= 0.3 is 0 Å². The third-order valence-electron chi connectivity index (χ3n) is 4.23. The topological polar surface area (TPSA) is 100 Å². The molecule has 0 radical (unpaired) electrons. The lowest BCUT2D eigenvalue weighted by molar-refractivity contribution is 0.0718. The van der Waals surface area contributed by atoms with E-state index in [-0.39, 0.29) is 22.9 Å². The lowest BCUT2D eigenvalue weighted by Gasteiger charge is -2.28. The van der Waals surface area contributed by atoms with Crippen LogP contribution in [0.4, 0.5) is 0 Å². The molecule has 7 nitrogen and oxygen atoms in total. The largest absolute Gasteiger partial charge is 0.391 e. The maximum Gasteiger partial charge on any atom is 0.274 e. The fourth-order valence-corrected chi connectivity index (χ4v) is 3.09. The van der Waals surface area contributed by atoms with Crippen molar-refractivity contribution in [2.45, 2.75) is 44.8 Å². The SMILES string of the molecule is Cc1cc(C(=O)NC2CCCCC2O)c2c(=O)[nH]n(C)c2n1. The number of hydrogen-bond acceptors (Lipinski definition) is 4. The van der Waals surface area contributed by atoms with Gasteiger partial charge in [-0.3, -0.25) is 19.4 Å². The van der Waals surface area contributed by atoms with Gasteiger partial charge in [-0.05, 0) is 25.8 Å². The summed E-state index contributed by atoms with van der Waals surface area (Å²) in [6, 6.07) is 1.36. The van der Waals surface area contributed by atoms with E-state index in [1.54, 1.807) is 20.0 Å². The van der Waals surface area contributed by atoms with Gasteiger partial charge in [0, 0.05) is 12.7 Å². The summed E-state index contributed by atoms with van der Waals surface area (Å²) in [4.78, 5) is 28.9. The van der Waals surface area contributed by atoms with E-state index in [9.17, 15) is 14.7 Å². The Morgan fingerprint density at radius 3 is 2.91 bits per heavy atom. The molecule has 1 aliphatic carbocycles. The number of fused-ring (bicyclic) bond motifs is 1. The molecule has 0 spiro atoms. The molecule has 2 atom stereocenters. The Morgan fingerprint density at radius 2 is 2.18 bits per heavy atom. The third kappa shape index (κ3) is 2.52. The molecule has 2 heterocycles. The van der Waals surface area contributed by atoms with E-state index in [1.807, 2.05) is 0 Å². The molecule has 3 rings (SSSR count). The number of nitrogens with zero attached hydrogens (tertiary/aromatic N) is 2. The number of hydrogen-bond donors (Lipinski definition) is 3. The smallest absolute Gasteiger partial charge is 0.274 e. The van der Waals surface area contributed by atoms with E-state index >= 15 is 0 Å². The van der Waals surface area contributed by atoms with Crippen LogP contribution in [0.3, 0.4) is 0 Å². The average Bonchev–Trinajstić information content (AvgIpc) is 2.75. The van der Waals surface area contributed by atoms with Crippen molar-refractivity contribution < 1.29 is 9.90 Å². The summed E-state index contributed by atoms with van der Waals surface area (Å²) < 4.78 is 1.51. The van der Waals surface area contributed by atoms with Crippen LogP contribution < -0.4 is 10.9 Å². The zero-order valence-electron chi connectivity index (χ0n) is 12.7. The number of aliphatic hydroxyl groups is 1. The van der Waals surface area contributed by atoms with Crippen LogP contribution >= 0.6 is 0 Å². The summed E-state index contributed by atoms with van der Waals surface area (Å²) in [5.74, 6) is -0.335. The highest BCUT2D eigenvalue weighted by molar-refractivity contribution is 6.05. The van der Waals surface area contributed by atoms with E-state index in [4.69, 9.17) is 0 Å². The Labute approximate surface area is 127 Å². The molecule has 22 heavy (non-hydrogen) atoms. The summed E-state index contributed by atoms with van der Waals surface area (Å²) in [6.45, 7) is 1.78. The fraction of sp³-hybridized carbons (Fsp3) is 0.533. The number of rotatable bonds is 2. The third-order valence-corrected chi connectivity index (χ3v) is 4.23. The van der Waals surface area contributed by atoms with E-state index < -0.39 is 6.10 Å². The second-order valence-electron chi connectivity index (χ2n) is 5.94. The van der Waals surface area contributed by atoms with Gasteiger partial charge in [0.1, 0.15) is 0 Å². The number of aliphatic hydroxyl groups excluding tert-OH is 1. The lowest BCUT2D eigenvalue weighted by atomic mass is 9.92. The van der Waals surface area contributed by atoms with Crippen LogP contribution in [0.25, 0.3) is 11.0 Å². The lowest BCUT2D eigenvalue weighted by Crippen LogP contribution is -2.45. The van der Waals surface area contributed by atoms with Crippen molar-refractivity contribution in [2.75, 3.05) is 0 Å². The minimum absolute atomic E-state index is 0.257. The van der Waals surface area contributed by atoms with Gasteiger partial charge in [-0.2, -0.15) is 0 Å². The summed E-state index contributed by atoms with van der Waals surface area (Å²) >= 11 is 0. The Bertz CT molecular complexity index is 777. The highest BCUT2D eigenvalue weighted by Crippen LogP contribution is 2.20. The van der Waals surface area contributed by atoms with Gasteiger partial charge in [-0.1, -0.05) is 12.8 Å². The first kappa shape index (κ1) is 14.8. The second-order valence-corrected chi connectivity index (χ2v) is 5.94. The number of H-pyrrole nitrogens is 1. The molecular weight excluding hydrogens is 284 g/mol. The zero-order valence-corrected chi connectivity index (χ0v) is 12.7. The monoisotopic (exact) mass is 304 g/mol. The summed E-state index contributed by atoms with van der Waals surface area (Å²) in [7, 11) is 1.68. The zero-order chi connectivity index (χ0) is 15.9. The molecule has 0 saturated heterocycles. The summed E-state index contributed by atoms with van der Waals surface area (Å²) in [5.41, 5.74) is 1.09. The van der Waals surface area contributed by atoms with Crippen molar-refractivity contribution in [1.29, 1.82) is 0 Å². The number of aromatic amines is 1. The molecule has 1 fully saturated rings. The molecule has 7 heteroatoms. The molecule has 2 aromatic heterocycles. The van der Waals surface area contributed by atoms with Crippen LogP contribution in [0.5, 0.6) is 0 Å². The average molecular weight is 304 g/mol. The first-order valence-electron chi connectivity index (χ1n) is 7.52. The van der Waals surface area contributed by atoms with E-state index in [0.717, 1.165) is 19.3 Å². The van der Waals surface area contributed by atoms with Crippen LogP contribution in [0.1, 0.15) is 41.7 Å². The number of amides is 1. The minimum Gasteiger partial charge on any atom is -0.391 e. The predicted molar refractivity (Wildman–Crippen MR) is 81.8 cm³/mol. The maximum atomic E-state index is 12.6. The minimum atomic E-state index is -0.523. The van der Waals surface area contributed by atoms with Gasteiger partial charge in [0.25, 0.3) is 11.5 Å². The van der Waals surface area contributed by atoms with Crippen molar-refractivity contribution in [2.24, 2.45) is 7.05 Å². The van der Waals surface area contributed by atoms with Gasteiger partial charge < -0.3 is 10.4 Å². The van der Waals surface area contributed by atoms with Crippen molar-refractivity contribution in [1.82, 2.24) is 20.1 Å². The molecule has 2 aromatic rings. The van der Waals surface area contributed by atoms with Crippen LogP contribution in [0.15, 0.2) is 10.9 Å². The van der Waals surface area contributed by atoms with E-state index in [0.29, 0.717) is 23.3 Å². The second kappa shape index (κ2) is 5.57. The number of pyridine rings is 1. The first-order chi connectivity index (χ1) is 10.5. The molecule has 1 aliphatic rings. The number of nitrogens with one attached hydrogen (secondary N) is 2. The van der Waals surface area contributed by atoms with E-state index in [2.05, 4.69) is 15.4 Å². The molecule has 0 aromatic carbocycles.